The van der Waals surface area contributed by atoms with Crippen molar-refractivity contribution in [3.63, 3.8) is 0 Å². The molecule has 68 valence electrons. The van der Waals surface area contributed by atoms with E-state index < -0.39 is 0 Å². The summed E-state index contributed by atoms with van der Waals surface area (Å²) in [5, 5.41) is -0.355. The molecule has 0 unspecified atom stereocenters. The van der Waals surface area contributed by atoms with Crippen LogP contribution < -0.4 is 0 Å². The van der Waals surface area contributed by atoms with E-state index >= 15 is 0 Å². The van der Waals surface area contributed by atoms with Crippen LogP contribution >= 0.6 is 11.6 Å². The van der Waals surface area contributed by atoms with Crippen LogP contribution in [0.25, 0.3) is 0 Å². The Bertz CT molecular complexity index is 229. The van der Waals surface area contributed by atoms with E-state index in [1.54, 1.807) is 6.92 Å². The van der Waals surface area contributed by atoms with Crippen molar-refractivity contribution in [2.24, 2.45) is 11.3 Å². The van der Waals surface area contributed by atoms with Crippen molar-refractivity contribution in [3.8, 4) is 0 Å². The second-order valence-electron chi connectivity index (χ2n) is 4.39. The van der Waals surface area contributed by atoms with Crippen LogP contribution in [0.1, 0.15) is 20.3 Å². The summed E-state index contributed by atoms with van der Waals surface area (Å²) >= 11 is 5.73. The highest BCUT2D eigenvalue weighted by molar-refractivity contribution is 6.30. The van der Waals surface area contributed by atoms with Crippen LogP contribution in [-0.2, 0) is 4.79 Å². The summed E-state index contributed by atoms with van der Waals surface area (Å²) in [4.78, 5) is 13.4. The highest BCUT2D eigenvalue weighted by Gasteiger charge is 2.57. The molecule has 2 fully saturated rings. The van der Waals surface area contributed by atoms with Crippen molar-refractivity contribution in [2.75, 3.05) is 13.1 Å². The SMILES string of the molecule is C[C@@H](Cl)C(=O)N1C[C@@H]2C[C@]2(C)C1. The minimum atomic E-state index is -0.355. The number of carbonyl (C=O) groups is 1. The molecule has 1 saturated heterocycles. The molecule has 1 amide bonds. The van der Waals surface area contributed by atoms with Crippen molar-refractivity contribution < 1.29 is 4.79 Å². The first-order valence-electron chi connectivity index (χ1n) is 4.46. The summed E-state index contributed by atoms with van der Waals surface area (Å²) in [6.07, 6.45) is 1.30. The number of likely N-dealkylation sites (tertiary alicyclic amines) is 1. The van der Waals surface area contributed by atoms with Crippen molar-refractivity contribution in [2.45, 2.75) is 25.6 Å². The van der Waals surface area contributed by atoms with Crippen LogP contribution in [0.5, 0.6) is 0 Å². The first-order chi connectivity index (χ1) is 5.53. The van der Waals surface area contributed by atoms with Crippen LogP contribution in [0.4, 0.5) is 0 Å². The molecule has 2 nitrogen and oxygen atoms in total. The van der Waals surface area contributed by atoms with E-state index in [-0.39, 0.29) is 11.3 Å². The Morgan fingerprint density at radius 2 is 2.42 bits per heavy atom. The van der Waals surface area contributed by atoms with E-state index in [1.165, 1.54) is 6.42 Å². The Balaban J connectivity index is 1.97. The quantitative estimate of drug-likeness (QED) is 0.570. The van der Waals surface area contributed by atoms with E-state index in [0.29, 0.717) is 5.41 Å². The van der Waals surface area contributed by atoms with Crippen molar-refractivity contribution in [1.29, 1.82) is 0 Å². The number of carbonyl (C=O) groups excluding carboxylic acids is 1. The summed E-state index contributed by atoms with van der Waals surface area (Å²) in [6, 6.07) is 0. The minimum Gasteiger partial charge on any atom is -0.341 e. The van der Waals surface area contributed by atoms with Gasteiger partial charge in [0.2, 0.25) is 5.91 Å². The summed E-state index contributed by atoms with van der Waals surface area (Å²) in [5.74, 6) is 0.863. The fraction of sp³-hybridized carbons (Fsp3) is 0.889. The van der Waals surface area contributed by atoms with Crippen molar-refractivity contribution in [3.05, 3.63) is 0 Å². The highest BCUT2D eigenvalue weighted by Crippen LogP contribution is 2.57. The first kappa shape index (κ1) is 8.36. The van der Waals surface area contributed by atoms with Crippen LogP contribution in [0.3, 0.4) is 0 Å². The molecule has 0 bridgehead atoms. The molecule has 1 aliphatic carbocycles. The number of nitrogens with zero attached hydrogens (tertiary/aromatic N) is 1. The number of piperidine rings is 1. The Morgan fingerprint density at radius 3 is 2.83 bits per heavy atom. The number of halogens is 1. The van der Waals surface area contributed by atoms with Crippen molar-refractivity contribution in [1.82, 2.24) is 4.90 Å². The van der Waals surface area contributed by atoms with E-state index in [2.05, 4.69) is 6.92 Å². The third kappa shape index (κ3) is 1.13. The Labute approximate surface area is 77.9 Å². The van der Waals surface area contributed by atoms with E-state index in [1.807, 2.05) is 4.90 Å². The van der Waals surface area contributed by atoms with Crippen LogP contribution in [0.15, 0.2) is 0 Å². The van der Waals surface area contributed by atoms with Gasteiger partial charge in [0, 0.05) is 13.1 Å². The Kier molecular flexibility index (Phi) is 1.66. The second kappa shape index (κ2) is 2.38. The van der Waals surface area contributed by atoms with E-state index in [4.69, 9.17) is 11.6 Å². The number of fused-ring (bicyclic) bond motifs is 1. The van der Waals surface area contributed by atoms with Gasteiger partial charge in [0.05, 0.1) is 0 Å². The van der Waals surface area contributed by atoms with Gasteiger partial charge in [0.1, 0.15) is 5.38 Å². The molecule has 1 heterocycles. The van der Waals surface area contributed by atoms with Gasteiger partial charge in [-0.05, 0) is 24.7 Å². The van der Waals surface area contributed by atoms with Crippen LogP contribution in [-0.4, -0.2) is 29.3 Å². The number of hydrogen-bond acceptors (Lipinski definition) is 1. The fourth-order valence-electron chi connectivity index (χ4n) is 2.17. The van der Waals surface area contributed by atoms with Gasteiger partial charge in [-0.2, -0.15) is 0 Å². The van der Waals surface area contributed by atoms with E-state index in [0.717, 1.165) is 19.0 Å². The molecule has 3 atom stereocenters. The number of hydrogen-bond donors (Lipinski definition) is 0. The highest BCUT2D eigenvalue weighted by atomic mass is 35.5. The molecular weight excluding hydrogens is 174 g/mol. The molecule has 1 saturated carbocycles. The molecule has 0 N–H and O–H groups in total. The Morgan fingerprint density at radius 1 is 1.75 bits per heavy atom. The van der Waals surface area contributed by atoms with Gasteiger partial charge in [-0.25, -0.2) is 0 Å². The van der Waals surface area contributed by atoms with E-state index in [9.17, 15) is 4.79 Å². The van der Waals surface area contributed by atoms with Gasteiger partial charge in [-0.15, -0.1) is 11.6 Å². The molecular formula is C9H14ClNO. The minimum absolute atomic E-state index is 0.102. The van der Waals surface area contributed by atoms with Crippen LogP contribution in [0, 0.1) is 11.3 Å². The topological polar surface area (TPSA) is 20.3 Å². The predicted molar refractivity (Wildman–Crippen MR) is 48.1 cm³/mol. The molecule has 0 aromatic carbocycles. The molecule has 1 aliphatic heterocycles. The summed E-state index contributed by atoms with van der Waals surface area (Å²) in [7, 11) is 0. The molecule has 12 heavy (non-hydrogen) atoms. The van der Waals surface area contributed by atoms with Gasteiger partial charge in [0.15, 0.2) is 0 Å². The molecule has 0 spiro atoms. The molecule has 0 aromatic heterocycles. The monoisotopic (exact) mass is 187 g/mol. The van der Waals surface area contributed by atoms with Gasteiger partial charge >= 0.3 is 0 Å². The maximum absolute atomic E-state index is 11.4. The lowest BCUT2D eigenvalue weighted by atomic mass is 10.1. The maximum Gasteiger partial charge on any atom is 0.240 e. The average Bonchev–Trinajstić information content (AvgIpc) is 2.49. The fourth-order valence-corrected chi connectivity index (χ4v) is 2.31. The predicted octanol–water partition coefficient (Wildman–Crippen LogP) is 1.48. The molecule has 0 aromatic rings. The lowest BCUT2D eigenvalue weighted by molar-refractivity contribution is -0.130. The van der Waals surface area contributed by atoms with Crippen LogP contribution in [0.2, 0.25) is 0 Å². The number of amides is 1. The van der Waals surface area contributed by atoms with Gasteiger partial charge in [-0.1, -0.05) is 6.92 Å². The standard InChI is InChI=1S/C9H14ClNO/c1-6(10)8(12)11-4-7-3-9(7,2)5-11/h6-7H,3-5H2,1-2H3/t6-,7+,9-/m1/s1. The zero-order valence-electron chi connectivity index (χ0n) is 7.51. The molecule has 2 aliphatic rings. The summed E-state index contributed by atoms with van der Waals surface area (Å²) in [5.41, 5.74) is 0.446. The molecule has 0 radical (unpaired) electrons. The van der Waals surface area contributed by atoms with Gasteiger partial charge in [-0.3, -0.25) is 4.79 Å². The van der Waals surface area contributed by atoms with Crippen molar-refractivity contribution >= 4 is 17.5 Å². The third-order valence-corrected chi connectivity index (χ3v) is 3.37. The van der Waals surface area contributed by atoms with Gasteiger partial charge < -0.3 is 4.90 Å². The molecule has 2 rings (SSSR count). The molecule has 3 heteroatoms. The zero-order valence-corrected chi connectivity index (χ0v) is 8.27. The van der Waals surface area contributed by atoms with Gasteiger partial charge in [0.25, 0.3) is 0 Å². The summed E-state index contributed by atoms with van der Waals surface area (Å²) in [6.45, 7) is 5.86. The number of alkyl halides is 1. The second-order valence-corrected chi connectivity index (χ2v) is 5.04. The summed E-state index contributed by atoms with van der Waals surface area (Å²) < 4.78 is 0. The lowest BCUT2D eigenvalue weighted by Gasteiger charge is -2.20. The smallest absolute Gasteiger partial charge is 0.240 e. The zero-order chi connectivity index (χ0) is 8.93. The Hall–Kier alpha value is -0.240. The third-order valence-electron chi connectivity index (χ3n) is 3.18. The average molecular weight is 188 g/mol. The first-order valence-corrected chi connectivity index (χ1v) is 4.89. The largest absolute Gasteiger partial charge is 0.341 e. The maximum atomic E-state index is 11.4. The number of rotatable bonds is 1. The normalized spacial score (nSPS) is 40.9. The lowest BCUT2D eigenvalue weighted by Crippen LogP contribution is -2.35.